The second-order valence-corrected chi connectivity index (χ2v) is 26.2. The molecule has 0 amide bonds. The lowest BCUT2D eigenvalue weighted by Crippen LogP contribution is -2.44. The zero-order valence-electron chi connectivity index (χ0n) is 57.9. The maximum atomic E-state index is 12.9. The van der Waals surface area contributed by atoms with Crippen molar-refractivity contribution in [2.75, 3.05) is 47.5 Å². The van der Waals surface area contributed by atoms with Crippen LogP contribution in [0.25, 0.3) is 0 Å². The molecule has 9 nitrogen and oxygen atoms in total. The average molecular weight is 1220 g/mol. The summed E-state index contributed by atoms with van der Waals surface area (Å²) in [5, 5.41) is 11.8. The summed E-state index contributed by atoms with van der Waals surface area (Å²) in [6, 6.07) is 0. The number of quaternary nitrogens is 1. The Hall–Kier alpha value is -3.27. The van der Waals surface area contributed by atoms with Crippen molar-refractivity contribution in [3.05, 3.63) is 72.9 Å². The van der Waals surface area contributed by atoms with Gasteiger partial charge in [-0.2, -0.15) is 0 Å². The molecule has 0 fully saturated rings. The van der Waals surface area contributed by atoms with Crippen molar-refractivity contribution in [2.45, 2.75) is 360 Å². The highest BCUT2D eigenvalue weighted by molar-refractivity contribution is 5.70. The minimum absolute atomic E-state index is 0.145. The van der Waals surface area contributed by atoms with E-state index in [-0.39, 0.29) is 38.6 Å². The molecule has 0 N–H and O–H groups in total. The molecule has 0 saturated carbocycles. The maximum Gasteiger partial charge on any atom is 0.306 e. The van der Waals surface area contributed by atoms with Gasteiger partial charge in [0.1, 0.15) is 13.2 Å². The summed E-state index contributed by atoms with van der Waals surface area (Å²) in [6.07, 6.45) is 88.7. The summed E-state index contributed by atoms with van der Waals surface area (Å²) in [5.41, 5.74) is 0. The molecule has 0 saturated heterocycles. The second kappa shape index (κ2) is 68.6. The number of hydrogen-bond donors (Lipinski definition) is 0. The SMILES string of the molecule is CCCCCCC/C=C\C/C=C\C/C=C\CCCCCCCCCCCCCCCCCCCCCCCCCCCCC(=O)OC(COC(=O)CCCCCCCC/C=C\C/C=C\C/C=C\CCCCCCC)COC(OCC[N+](C)(C)C)C(=O)[O-]. The van der Waals surface area contributed by atoms with E-state index in [1.807, 2.05) is 21.1 Å². The zero-order valence-corrected chi connectivity index (χ0v) is 57.9. The van der Waals surface area contributed by atoms with Gasteiger partial charge in [0.25, 0.3) is 0 Å². The molecule has 0 aliphatic heterocycles. The highest BCUT2D eigenvalue weighted by Crippen LogP contribution is 2.18. The van der Waals surface area contributed by atoms with Crippen molar-refractivity contribution in [2.24, 2.45) is 0 Å². The first kappa shape index (κ1) is 83.7. The molecule has 87 heavy (non-hydrogen) atoms. The number of unbranched alkanes of at least 4 members (excludes halogenated alkanes) is 42. The number of hydrogen-bond acceptors (Lipinski definition) is 8. The molecule has 9 heteroatoms. The van der Waals surface area contributed by atoms with Crippen molar-refractivity contribution in [3.63, 3.8) is 0 Å². The van der Waals surface area contributed by atoms with E-state index in [4.69, 9.17) is 18.9 Å². The molecule has 0 heterocycles. The summed E-state index contributed by atoms with van der Waals surface area (Å²) in [4.78, 5) is 37.5. The third-order valence-corrected chi connectivity index (χ3v) is 16.4. The van der Waals surface area contributed by atoms with Crippen LogP contribution in [0.5, 0.6) is 0 Å². The van der Waals surface area contributed by atoms with Gasteiger partial charge in [0.15, 0.2) is 12.4 Å². The van der Waals surface area contributed by atoms with Crippen molar-refractivity contribution in [1.29, 1.82) is 0 Å². The number of likely N-dealkylation sites (N-methyl/N-ethyl adjacent to an activating group) is 1. The van der Waals surface area contributed by atoms with Gasteiger partial charge >= 0.3 is 11.9 Å². The number of nitrogens with zero attached hydrogens (tertiary/aromatic N) is 1. The molecule has 2 unspecified atom stereocenters. The van der Waals surface area contributed by atoms with E-state index in [1.165, 1.54) is 244 Å². The first-order valence-electron chi connectivity index (χ1n) is 37.1. The zero-order chi connectivity index (χ0) is 63.3. The topological polar surface area (TPSA) is 111 Å². The number of carboxylic acids is 1. The van der Waals surface area contributed by atoms with Gasteiger partial charge in [0.2, 0.25) is 0 Å². The number of rotatable bonds is 69. The number of aliphatic carboxylic acids is 1. The standard InChI is InChI=1S/C78H141NO8/c1-6-8-10-12-14-16-18-20-22-24-26-28-29-30-31-32-33-34-35-36-37-38-39-40-41-42-43-44-45-46-47-49-51-53-55-57-59-61-63-65-67-69-76(81)87-74(73-86-78(77(82)83)84-71-70-79(3,4)5)72-85-75(80)68-66-64-62-60-58-56-54-52-50-48-27-25-23-21-19-17-15-13-11-9-7-2/h18-21,24-27,29-30,50,52,74,78H,6-17,22-23,28,31-49,51,53-73H2,1-5H3/b20-18-,21-19-,26-24-,27-25-,30-29-,52-50-. The first-order valence-corrected chi connectivity index (χ1v) is 37.1. The predicted octanol–water partition coefficient (Wildman–Crippen LogP) is 21.9. The van der Waals surface area contributed by atoms with E-state index in [9.17, 15) is 19.5 Å². The van der Waals surface area contributed by atoms with E-state index < -0.39 is 24.3 Å². The molecule has 0 aliphatic carbocycles. The van der Waals surface area contributed by atoms with Crippen molar-refractivity contribution < 1.29 is 42.9 Å². The average Bonchev–Trinajstić information content (AvgIpc) is 3.59. The van der Waals surface area contributed by atoms with Crippen LogP contribution >= 0.6 is 0 Å². The van der Waals surface area contributed by atoms with Crippen molar-refractivity contribution in [1.82, 2.24) is 0 Å². The highest BCUT2D eigenvalue weighted by Gasteiger charge is 2.22. The van der Waals surface area contributed by atoms with E-state index >= 15 is 0 Å². The van der Waals surface area contributed by atoms with Gasteiger partial charge in [-0.15, -0.1) is 0 Å². The summed E-state index contributed by atoms with van der Waals surface area (Å²) < 4.78 is 22.8. The van der Waals surface area contributed by atoms with Gasteiger partial charge in [-0.05, 0) is 89.9 Å². The molecular weight excluding hydrogens is 1080 g/mol. The van der Waals surface area contributed by atoms with Crippen LogP contribution in [0.1, 0.15) is 348 Å². The Bertz CT molecular complexity index is 1660. The minimum Gasteiger partial charge on any atom is -0.545 e. The summed E-state index contributed by atoms with van der Waals surface area (Å²) in [6.45, 7) is 4.75. The van der Waals surface area contributed by atoms with Crippen molar-refractivity contribution in [3.8, 4) is 0 Å². The van der Waals surface area contributed by atoms with E-state index in [1.54, 1.807) is 0 Å². The molecule has 0 rings (SSSR count). The fraction of sp³-hybridized carbons (Fsp3) is 0.808. The molecule has 0 aliphatic rings. The normalized spacial score (nSPS) is 13.1. The molecule has 0 spiro atoms. The Balaban J connectivity index is 3.98. The first-order chi connectivity index (χ1) is 42.6. The monoisotopic (exact) mass is 1220 g/mol. The van der Waals surface area contributed by atoms with Crippen molar-refractivity contribution >= 4 is 17.9 Å². The third kappa shape index (κ3) is 70.1. The van der Waals surface area contributed by atoms with E-state index in [0.29, 0.717) is 17.4 Å². The number of ether oxygens (including phenoxy) is 4. The lowest BCUT2D eigenvalue weighted by molar-refractivity contribution is -0.870. The van der Waals surface area contributed by atoms with Crippen LogP contribution in [0.4, 0.5) is 0 Å². The summed E-state index contributed by atoms with van der Waals surface area (Å²) in [5.74, 6) is -2.28. The van der Waals surface area contributed by atoms with Crippen LogP contribution in [-0.2, 0) is 33.3 Å². The van der Waals surface area contributed by atoms with Crippen LogP contribution in [0.3, 0.4) is 0 Å². The van der Waals surface area contributed by atoms with Gasteiger partial charge in [-0.1, -0.05) is 318 Å². The Labute approximate surface area is 538 Å². The molecule has 2 atom stereocenters. The quantitative estimate of drug-likeness (QED) is 0.0195. The molecule has 0 bridgehead atoms. The highest BCUT2D eigenvalue weighted by atomic mass is 16.7. The molecule has 0 aromatic rings. The number of allylic oxidation sites excluding steroid dienone is 12. The van der Waals surface area contributed by atoms with Crippen LogP contribution in [-0.4, -0.2) is 82.3 Å². The van der Waals surface area contributed by atoms with Gasteiger partial charge < -0.3 is 33.3 Å². The van der Waals surface area contributed by atoms with Crippen LogP contribution in [0, 0.1) is 0 Å². The fourth-order valence-electron chi connectivity index (χ4n) is 10.7. The van der Waals surface area contributed by atoms with Gasteiger partial charge in [0.05, 0.1) is 40.3 Å². The molecule has 0 radical (unpaired) electrons. The Morgan fingerprint density at radius 3 is 0.920 bits per heavy atom. The Morgan fingerprint density at radius 1 is 0.345 bits per heavy atom. The van der Waals surface area contributed by atoms with E-state index in [2.05, 4.69) is 86.8 Å². The Morgan fingerprint density at radius 2 is 0.621 bits per heavy atom. The van der Waals surface area contributed by atoms with Gasteiger partial charge in [-0.3, -0.25) is 9.59 Å². The summed E-state index contributed by atoms with van der Waals surface area (Å²) >= 11 is 0. The van der Waals surface area contributed by atoms with Crippen LogP contribution < -0.4 is 5.11 Å². The molecule has 506 valence electrons. The summed E-state index contributed by atoms with van der Waals surface area (Å²) in [7, 11) is 5.93. The third-order valence-electron chi connectivity index (χ3n) is 16.4. The largest absolute Gasteiger partial charge is 0.545 e. The van der Waals surface area contributed by atoms with E-state index in [0.717, 1.165) is 70.6 Å². The van der Waals surface area contributed by atoms with Gasteiger partial charge in [-0.25, -0.2) is 0 Å². The molecular formula is C78H141NO8. The lowest BCUT2D eigenvalue weighted by Gasteiger charge is -2.26. The smallest absolute Gasteiger partial charge is 0.306 e. The minimum atomic E-state index is -1.63. The number of carbonyl (C=O) groups excluding carboxylic acids is 3. The van der Waals surface area contributed by atoms with Gasteiger partial charge in [0, 0.05) is 12.8 Å². The van der Waals surface area contributed by atoms with Crippen LogP contribution in [0.15, 0.2) is 72.9 Å². The Kier molecular flexibility index (Phi) is 66.1. The molecule has 0 aromatic heterocycles. The number of esters is 2. The number of carbonyl (C=O) groups is 3. The second-order valence-electron chi connectivity index (χ2n) is 26.2. The molecule has 0 aromatic carbocycles. The fourth-order valence-corrected chi connectivity index (χ4v) is 10.7. The maximum absolute atomic E-state index is 12.9. The van der Waals surface area contributed by atoms with Crippen LogP contribution in [0.2, 0.25) is 0 Å². The predicted molar refractivity (Wildman–Crippen MR) is 371 cm³/mol. The number of carboxylic acid groups (broad SMARTS) is 1. The lowest BCUT2D eigenvalue weighted by atomic mass is 10.0.